The van der Waals surface area contributed by atoms with Gasteiger partial charge in [0.15, 0.2) is 6.61 Å². The third-order valence-corrected chi connectivity index (χ3v) is 4.06. The molecule has 3 rings (SSSR count). The van der Waals surface area contributed by atoms with E-state index in [1.54, 1.807) is 30.3 Å². The van der Waals surface area contributed by atoms with Crippen molar-refractivity contribution < 1.29 is 13.9 Å². The second kappa shape index (κ2) is 6.36. The first-order valence-electron chi connectivity index (χ1n) is 7.09. The molecular weight excluding hydrogens is 305 g/mol. The molecule has 1 amide bonds. The Labute approximate surface area is 133 Å². The maximum atomic E-state index is 13.7. The summed E-state index contributed by atoms with van der Waals surface area (Å²) in [5.41, 5.74) is 1.55. The van der Waals surface area contributed by atoms with E-state index >= 15 is 0 Å². The second-order valence-corrected chi connectivity index (χ2v) is 5.59. The van der Waals surface area contributed by atoms with Crippen LogP contribution in [0.4, 0.5) is 4.39 Å². The summed E-state index contributed by atoms with van der Waals surface area (Å²) in [6, 6.07) is 11.8. The van der Waals surface area contributed by atoms with E-state index in [0.717, 1.165) is 5.56 Å². The summed E-state index contributed by atoms with van der Waals surface area (Å²) in [5, 5.41) is 3.34. The molecule has 0 radical (unpaired) electrons. The molecule has 1 atom stereocenters. The molecule has 0 heterocycles. The number of fused-ring (bicyclic) bond motifs is 1. The molecule has 22 heavy (non-hydrogen) atoms. The minimum Gasteiger partial charge on any atom is -0.482 e. The molecule has 2 aromatic carbocycles. The van der Waals surface area contributed by atoms with E-state index in [0.29, 0.717) is 29.2 Å². The van der Waals surface area contributed by atoms with Gasteiger partial charge in [-0.25, -0.2) is 4.39 Å². The molecule has 0 spiro atoms. The van der Waals surface area contributed by atoms with Gasteiger partial charge in [-0.2, -0.15) is 0 Å². The molecule has 0 aromatic heterocycles. The lowest BCUT2D eigenvalue weighted by Crippen LogP contribution is -2.31. The smallest absolute Gasteiger partial charge is 0.258 e. The highest BCUT2D eigenvalue weighted by molar-refractivity contribution is 6.32. The third-order valence-electron chi connectivity index (χ3n) is 3.74. The predicted molar refractivity (Wildman–Crippen MR) is 82.6 cm³/mol. The monoisotopic (exact) mass is 319 g/mol. The van der Waals surface area contributed by atoms with Crippen LogP contribution in [0.1, 0.15) is 23.6 Å². The Hall–Kier alpha value is -2.07. The molecule has 0 aliphatic heterocycles. The number of carbonyl (C=O) groups is 1. The van der Waals surface area contributed by atoms with Crippen molar-refractivity contribution in [3.63, 3.8) is 0 Å². The van der Waals surface area contributed by atoms with E-state index in [-0.39, 0.29) is 24.4 Å². The molecule has 1 N–H and O–H groups in total. The van der Waals surface area contributed by atoms with E-state index < -0.39 is 0 Å². The van der Waals surface area contributed by atoms with Gasteiger partial charge < -0.3 is 10.1 Å². The molecule has 5 heteroatoms. The zero-order valence-electron chi connectivity index (χ0n) is 11.8. The average molecular weight is 320 g/mol. The van der Waals surface area contributed by atoms with Gasteiger partial charge in [0, 0.05) is 0 Å². The van der Waals surface area contributed by atoms with Crippen LogP contribution < -0.4 is 10.1 Å². The molecular formula is C17H15ClFNO2. The van der Waals surface area contributed by atoms with Crippen molar-refractivity contribution in [1.29, 1.82) is 0 Å². The normalized spacial score (nSPS) is 16.2. The van der Waals surface area contributed by atoms with E-state index in [1.165, 1.54) is 6.07 Å². The van der Waals surface area contributed by atoms with Crippen LogP contribution in [0.2, 0.25) is 5.02 Å². The minimum atomic E-state index is -0.248. The maximum absolute atomic E-state index is 13.7. The van der Waals surface area contributed by atoms with Gasteiger partial charge in [-0.3, -0.25) is 4.79 Å². The zero-order chi connectivity index (χ0) is 15.5. The van der Waals surface area contributed by atoms with Gasteiger partial charge >= 0.3 is 0 Å². The van der Waals surface area contributed by atoms with Crippen LogP contribution >= 0.6 is 11.6 Å². The maximum Gasteiger partial charge on any atom is 0.258 e. The number of carbonyl (C=O) groups excluding carboxylic acids is 1. The van der Waals surface area contributed by atoms with Crippen molar-refractivity contribution in [2.75, 3.05) is 6.61 Å². The van der Waals surface area contributed by atoms with Crippen molar-refractivity contribution in [3.05, 3.63) is 64.4 Å². The topological polar surface area (TPSA) is 38.3 Å². The molecule has 3 nitrogen and oxygen atoms in total. The second-order valence-electron chi connectivity index (χ2n) is 5.19. The fourth-order valence-electron chi connectivity index (χ4n) is 2.70. The van der Waals surface area contributed by atoms with Crippen molar-refractivity contribution >= 4 is 17.5 Å². The summed E-state index contributed by atoms with van der Waals surface area (Å²) in [6.45, 7) is -0.120. The van der Waals surface area contributed by atoms with Crippen LogP contribution in [0, 0.1) is 5.82 Å². The van der Waals surface area contributed by atoms with Crippen molar-refractivity contribution in [1.82, 2.24) is 5.32 Å². The largest absolute Gasteiger partial charge is 0.482 e. The molecule has 114 valence electrons. The fraction of sp³-hybridized carbons (Fsp3) is 0.235. The number of ether oxygens (including phenoxy) is 1. The lowest BCUT2D eigenvalue weighted by molar-refractivity contribution is -0.123. The first-order chi connectivity index (χ1) is 10.6. The van der Waals surface area contributed by atoms with E-state index in [2.05, 4.69) is 5.32 Å². The molecule has 0 saturated carbocycles. The van der Waals surface area contributed by atoms with Gasteiger partial charge in [-0.15, -0.1) is 0 Å². The van der Waals surface area contributed by atoms with E-state index in [4.69, 9.17) is 16.3 Å². The van der Waals surface area contributed by atoms with Gasteiger partial charge in [0.2, 0.25) is 0 Å². The summed E-state index contributed by atoms with van der Waals surface area (Å²) in [4.78, 5) is 12.0. The Bertz CT molecular complexity index is 705. The summed E-state index contributed by atoms with van der Waals surface area (Å²) < 4.78 is 19.1. The Morgan fingerprint density at radius 1 is 1.27 bits per heavy atom. The molecule has 1 aliphatic rings. The molecule has 2 aromatic rings. The number of hydrogen-bond donors (Lipinski definition) is 1. The number of halogens is 2. The lowest BCUT2D eigenvalue weighted by atomic mass is 10.1. The summed E-state index contributed by atoms with van der Waals surface area (Å²) >= 11 is 5.96. The summed E-state index contributed by atoms with van der Waals surface area (Å²) in [7, 11) is 0. The fourth-order valence-corrected chi connectivity index (χ4v) is 2.89. The van der Waals surface area contributed by atoms with Crippen LogP contribution in [-0.2, 0) is 11.2 Å². The number of amides is 1. The molecule has 1 aliphatic carbocycles. The van der Waals surface area contributed by atoms with Gasteiger partial charge in [0.25, 0.3) is 5.91 Å². The molecule has 0 saturated heterocycles. The molecule has 0 fully saturated rings. The van der Waals surface area contributed by atoms with Crippen LogP contribution in [0.25, 0.3) is 0 Å². The first-order valence-corrected chi connectivity index (χ1v) is 7.47. The minimum absolute atomic E-state index is 0.120. The number of hydrogen-bond acceptors (Lipinski definition) is 2. The average Bonchev–Trinajstić information content (AvgIpc) is 2.91. The molecule has 0 bridgehead atoms. The van der Waals surface area contributed by atoms with Crippen LogP contribution in [0.5, 0.6) is 5.75 Å². The highest BCUT2D eigenvalue weighted by atomic mass is 35.5. The van der Waals surface area contributed by atoms with E-state index in [9.17, 15) is 9.18 Å². The van der Waals surface area contributed by atoms with Gasteiger partial charge in [0.1, 0.15) is 11.6 Å². The Balaban J connectivity index is 1.60. The van der Waals surface area contributed by atoms with Gasteiger partial charge in [-0.05, 0) is 42.2 Å². The first kappa shape index (κ1) is 14.9. The predicted octanol–water partition coefficient (Wildman–Crippen LogP) is 3.66. The Morgan fingerprint density at radius 3 is 2.91 bits per heavy atom. The number of rotatable bonds is 4. The quantitative estimate of drug-likeness (QED) is 0.934. The van der Waals surface area contributed by atoms with Gasteiger partial charge in [-0.1, -0.05) is 35.9 Å². The lowest BCUT2D eigenvalue weighted by Gasteiger charge is -2.15. The van der Waals surface area contributed by atoms with Crippen LogP contribution in [-0.4, -0.2) is 12.5 Å². The highest BCUT2D eigenvalue weighted by Gasteiger charge is 2.26. The van der Waals surface area contributed by atoms with Crippen molar-refractivity contribution in [2.45, 2.75) is 18.9 Å². The summed E-state index contributed by atoms with van der Waals surface area (Å²) in [6.07, 6.45) is 1.34. The standard InChI is InChI=1S/C17H15ClFNO2/c18-13-5-1-2-7-16(13)22-10-17(21)20-15-9-8-11-12(15)4-3-6-14(11)19/h1-7,15H,8-10H2,(H,20,21). The number of para-hydroxylation sites is 1. The Morgan fingerprint density at radius 2 is 2.09 bits per heavy atom. The van der Waals surface area contributed by atoms with E-state index in [1.807, 2.05) is 6.07 Å². The highest BCUT2D eigenvalue weighted by Crippen LogP contribution is 2.32. The van der Waals surface area contributed by atoms with Crippen molar-refractivity contribution in [3.8, 4) is 5.75 Å². The Kier molecular flexibility index (Phi) is 4.29. The zero-order valence-corrected chi connectivity index (χ0v) is 12.6. The number of nitrogens with one attached hydrogen (secondary N) is 1. The van der Waals surface area contributed by atoms with Crippen LogP contribution in [0.15, 0.2) is 42.5 Å². The molecule has 1 unspecified atom stereocenters. The van der Waals surface area contributed by atoms with Crippen molar-refractivity contribution in [2.24, 2.45) is 0 Å². The third kappa shape index (κ3) is 3.07. The summed E-state index contributed by atoms with van der Waals surface area (Å²) in [5.74, 6) is 0.0146. The van der Waals surface area contributed by atoms with Crippen LogP contribution in [0.3, 0.4) is 0 Å². The number of benzene rings is 2. The SMILES string of the molecule is O=C(COc1ccccc1Cl)NC1CCc2c(F)cccc21. The van der Waals surface area contributed by atoms with Gasteiger partial charge in [0.05, 0.1) is 11.1 Å².